The minimum Gasteiger partial charge on any atom is -0.503 e. The number of esters is 1. The molecular weight excluding hydrogens is 486 g/mol. The topological polar surface area (TPSA) is 84.9 Å². The molecule has 0 radical (unpaired) electrons. The number of phenolic OH excluding ortho intramolecular Hbond substituents is 1. The molecule has 0 saturated heterocycles. The quantitative estimate of drug-likeness (QED) is 0.329. The minimum absolute atomic E-state index is 0.00997. The maximum Gasteiger partial charge on any atom is 0.336 e. The summed E-state index contributed by atoms with van der Waals surface area (Å²) < 4.78 is 11.7. The first-order valence-corrected chi connectivity index (χ1v) is 12.4. The first kappa shape index (κ1) is 25.3. The zero-order chi connectivity index (χ0) is 24.3. The smallest absolute Gasteiger partial charge is 0.336 e. The fraction of sp³-hybridized carbons (Fsp3) is 0.538. The van der Waals surface area contributed by atoms with Gasteiger partial charge in [-0.1, -0.05) is 33.6 Å². The van der Waals surface area contributed by atoms with Gasteiger partial charge in [-0.05, 0) is 65.7 Å². The van der Waals surface area contributed by atoms with Crippen molar-refractivity contribution in [3.05, 3.63) is 44.7 Å². The molecule has 3 rings (SSSR count). The van der Waals surface area contributed by atoms with Crippen molar-refractivity contribution in [2.24, 2.45) is 5.41 Å². The Labute approximate surface area is 204 Å². The van der Waals surface area contributed by atoms with Crippen LogP contribution in [-0.2, 0) is 14.3 Å². The number of ether oxygens (including phenoxy) is 2. The predicted octanol–water partition coefficient (Wildman–Crippen LogP) is 5.89. The minimum atomic E-state index is -0.598. The van der Waals surface area contributed by atoms with Crippen LogP contribution in [0.15, 0.2) is 39.1 Å². The fourth-order valence-corrected chi connectivity index (χ4v) is 5.12. The van der Waals surface area contributed by atoms with Gasteiger partial charge >= 0.3 is 5.97 Å². The maximum atomic E-state index is 13.4. The Morgan fingerprint density at radius 2 is 1.97 bits per heavy atom. The fourth-order valence-electron chi connectivity index (χ4n) is 4.66. The van der Waals surface area contributed by atoms with Gasteiger partial charge in [-0.2, -0.15) is 0 Å². The van der Waals surface area contributed by atoms with E-state index in [-0.39, 0.29) is 16.9 Å². The molecule has 1 aliphatic carbocycles. The molecule has 0 aromatic heterocycles. The number of ketones is 1. The highest BCUT2D eigenvalue weighted by Crippen LogP contribution is 2.49. The second kappa shape index (κ2) is 10.3. The number of hydrogen-bond donors (Lipinski definition) is 2. The molecular formula is C26H34BrNO5. The number of dihydropyridines is 1. The van der Waals surface area contributed by atoms with E-state index in [1.165, 1.54) is 0 Å². The van der Waals surface area contributed by atoms with Gasteiger partial charge in [0.2, 0.25) is 0 Å². The van der Waals surface area contributed by atoms with Crippen molar-refractivity contribution < 1.29 is 24.2 Å². The summed E-state index contributed by atoms with van der Waals surface area (Å²) in [5, 5.41) is 13.8. The molecule has 1 aromatic carbocycles. The van der Waals surface area contributed by atoms with Crippen LogP contribution in [0.4, 0.5) is 0 Å². The molecule has 1 aliphatic heterocycles. The molecule has 0 bridgehead atoms. The lowest BCUT2D eigenvalue weighted by atomic mass is 9.68. The first-order chi connectivity index (χ1) is 15.6. The summed E-state index contributed by atoms with van der Waals surface area (Å²) in [5.41, 5.74) is 3.09. The van der Waals surface area contributed by atoms with Crippen molar-refractivity contribution in [2.45, 2.75) is 72.6 Å². The lowest BCUT2D eigenvalue weighted by molar-refractivity contribution is -0.139. The monoisotopic (exact) mass is 519 g/mol. The van der Waals surface area contributed by atoms with E-state index in [4.69, 9.17) is 9.47 Å². The Morgan fingerprint density at radius 1 is 1.24 bits per heavy atom. The summed E-state index contributed by atoms with van der Waals surface area (Å²) in [4.78, 5) is 26.7. The molecule has 2 aliphatic rings. The number of nitrogens with one attached hydrogen (secondary N) is 1. The van der Waals surface area contributed by atoms with Gasteiger partial charge in [0.25, 0.3) is 0 Å². The first-order valence-electron chi connectivity index (χ1n) is 11.7. The van der Waals surface area contributed by atoms with Crippen molar-refractivity contribution in [2.75, 3.05) is 13.2 Å². The molecule has 6 nitrogen and oxygen atoms in total. The standard InChI is InChI=1S/C26H34BrNO5/c1-6-8-9-10-33-25(31)21-15(3)28-18-13-26(4,5)14-19(29)23(18)22(21)16-11-17(27)24(30)20(12-16)32-7-2/h11-12,22,28,30H,6-10,13-14H2,1-5H3/t22-/m0/s1. The second-order valence-corrected chi connectivity index (χ2v) is 10.4. The number of Topliss-reactive ketones (excluding diaryl/α,β-unsaturated/α-hetero) is 1. The number of halogens is 1. The molecule has 0 unspecified atom stereocenters. The van der Waals surface area contributed by atoms with Gasteiger partial charge in [0.15, 0.2) is 17.3 Å². The van der Waals surface area contributed by atoms with Crippen molar-refractivity contribution in [1.82, 2.24) is 5.32 Å². The van der Waals surface area contributed by atoms with E-state index in [0.717, 1.165) is 25.0 Å². The Morgan fingerprint density at radius 3 is 2.64 bits per heavy atom. The zero-order valence-electron chi connectivity index (χ0n) is 20.1. The normalized spacial score (nSPS) is 19.8. The molecule has 1 atom stereocenters. The number of allylic oxidation sites excluding steroid dienone is 3. The van der Waals surface area contributed by atoms with E-state index in [0.29, 0.717) is 58.7 Å². The number of carbonyl (C=O) groups is 2. The van der Waals surface area contributed by atoms with Crippen molar-refractivity contribution in [1.29, 1.82) is 0 Å². The Balaban J connectivity index is 2.12. The zero-order valence-corrected chi connectivity index (χ0v) is 21.7. The summed E-state index contributed by atoms with van der Waals surface area (Å²) in [6, 6.07) is 3.47. The highest BCUT2D eigenvalue weighted by Gasteiger charge is 2.43. The van der Waals surface area contributed by atoms with E-state index in [1.807, 2.05) is 13.8 Å². The van der Waals surface area contributed by atoms with Crippen LogP contribution in [0.2, 0.25) is 0 Å². The molecule has 180 valence electrons. The van der Waals surface area contributed by atoms with Crippen LogP contribution in [0.1, 0.15) is 78.2 Å². The Hall–Kier alpha value is -2.28. The van der Waals surface area contributed by atoms with Crippen LogP contribution >= 0.6 is 15.9 Å². The van der Waals surface area contributed by atoms with Crippen LogP contribution < -0.4 is 10.1 Å². The lowest BCUT2D eigenvalue weighted by Gasteiger charge is -2.39. The van der Waals surface area contributed by atoms with Crippen LogP contribution in [0.3, 0.4) is 0 Å². The summed E-state index contributed by atoms with van der Waals surface area (Å²) in [6.45, 7) is 10.6. The van der Waals surface area contributed by atoms with E-state index in [9.17, 15) is 14.7 Å². The van der Waals surface area contributed by atoms with E-state index in [2.05, 4.69) is 42.0 Å². The van der Waals surface area contributed by atoms with Gasteiger partial charge in [-0.3, -0.25) is 4.79 Å². The summed E-state index contributed by atoms with van der Waals surface area (Å²) in [5.74, 6) is -0.708. The Bertz CT molecular complexity index is 1010. The van der Waals surface area contributed by atoms with Crippen molar-refractivity contribution in [3.63, 3.8) is 0 Å². The van der Waals surface area contributed by atoms with Gasteiger partial charge in [-0.15, -0.1) is 0 Å². The molecule has 33 heavy (non-hydrogen) atoms. The average molecular weight is 520 g/mol. The summed E-state index contributed by atoms with van der Waals surface area (Å²) >= 11 is 3.41. The van der Waals surface area contributed by atoms with E-state index in [1.54, 1.807) is 12.1 Å². The molecule has 1 aromatic rings. The number of hydrogen-bond acceptors (Lipinski definition) is 6. The maximum absolute atomic E-state index is 13.4. The Kier molecular flexibility index (Phi) is 7.93. The van der Waals surface area contributed by atoms with E-state index < -0.39 is 11.9 Å². The molecule has 0 saturated carbocycles. The van der Waals surface area contributed by atoms with Gasteiger partial charge in [0, 0.05) is 29.3 Å². The molecule has 1 heterocycles. The van der Waals surface area contributed by atoms with Crippen molar-refractivity contribution in [3.8, 4) is 11.5 Å². The molecule has 0 spiro atoms. The molecule has 0 fully saturated rings. The van der Waals surface area contributed by atoms with Gasteiger partial charge in [0.05, 0.1) is 23.3 Å². The number of carbonyl (C=O) groups excluding carboxylic acids is 2. The summed E-state index contributed by atoms with van der Waals surface area (Å²) in [7, 11) is 0. The molecule has 2 N–H and O–H groups in total. The SMILES string of the molecule is CCCCCOC(=O)C1=C(C)NC2=C(C(=O)CC(C)(C)C2)[C@H]1c1cc(Br)c(O)c(OCC)c1. The number of rotatable bonds is 8. The van der Waals surface area contributed by atoms with Gasteiger partial charge < -0.3 is 19.9 Å². The number of aromatic hydroxyl groups is 1. The number of unbranched alkanes of at least 4 members (excludes halogenated alkanes) is 2. The van der Waals surface area contributed by atoms with Gasteiger partial charge in [0.1, 0.15) is 0 Å². The van der Waals surface area contributed by atoms with Crippen LogP contribution in [0.5, 0.6) is 11.5 Å². The second-order valence-electron chi connectivity index (χ2n) is 9.56. The summed E-state index contributed by atoms with van der Waals surface area (Å²) in [6.07, 6.45) is 3.93. The highest BCUT2D eigenvalue weighted by molar-refractivity contribution is 9.10. The molecule has 0 amide bonds. The third-order valence-corrected chi connectivity index (χ3v) is 6.73. The van der Waals surface area contributed by atoms with E-state index >= 15 is 0 Å². The van der Waals surface area contributed by atoms with Crippen LogP contribution in [0, 0.1) is 5.41 Å². The largest absolute Gasteiger partial charge is 0.503 e. The van der Waals surface area contributed by atoms with Gasteiger partial charge in [-0.25, -0.2) is 4.79 Å². The van der Waals surface area contributed by atoms with Crippen LogP contribution in [-0.4, -0.2) is 30.1 Å². The number of phenols is 1. The average Bonchev–Trinajstić information content (AvgIpc) is 2.72. The highest BCUT2D eigenvalue weighted by atomic mass is 79.9. The predicted molar refractivity (Wildman–Crippen MR) is 131 cm³/mol. The number of benzene rings is 1. The third kappa shape index (κ3) is 5.45. The molecule has 7 heteroatoms. The third-order valence-electron chi connectivity index (χ3n) is 6.12. The lowest BCUT2D eigenvalue weighted by Crippen LogP contribution is -2.38. The van der Waals surface area contributed by atoms with Crippen molar-refractivity contribution >= 4 is 27.7 Å². The van der Waals surface area contributed by atoms with Crippen LogP contribution in [0.25, 0.3) is 0 Å².